The lowest BCUT2D eigenvalue weighted by Crippen LogP contribution is -2.58. The summed E-state index contributed by atoms with van der Waals surface area (Å²) in [5, 5.41) is 12.5. The fourth-order valence-electron chi connectivity index (χ4n) is 3.24. The Kier molecular flexibility index (Phi) is 5.19. The molecule has 0 bridgehead atoms. The van der Waals surface area contributed by atoms with E-state index in [2.05, 4.69) is 10.2 Å². The summed E-state index contributed by atoms with van der Waals surface area (Å²) in [4.78, 5) is 13.7. The Bertz CT molecular complexity index is 307. The number of rotatable bonds is 5. The highest BCUT2D eigenvalue weighted by Gasteiger charge is 2.36. The Morgan fingerprint density at radius 2 is 2.16 bits per heavy atom. The first-order valence-electron chi connectivity index (χ1n) is 7.42. The highest BCUT2D eigenvalue weighted by atomic mass is 16.5. The first kappa shape index (κ1) is 14.8. The summed E-state index contributed by atoms with van der Waals surface area (Å²) in [6.07, 6.45) is 5.05. The van der Waals surface area contributed by atoms with Crippen LogP contribution in [0.2, 0.25) is 0 Å². The number of ether oxygens (including phenoxy) is 1. The predicted molar refractivity (Wildman–Crippen MR) is 73.3 cm³/mol. The van der Waals surface area contributed by atoms with Crippen LogP contribution < -0.4 is 5.32 Å². The lowest BCUT2D eigenvalue weighted by Gasteiger charge is -2.44. The van der Waals surface area contributed by atoms with Crippen molar-refractivity contribution in [2.24, 2.45) is 0 Å². The van der Waals surface area contributed by atoms with Crippen molar-refractivity contribution in [3.05, 3.63) is 0 Å². The molecule has 3 unspecified atom stereocenters. The zero-order chi connectivity index (χ0) is 13.8. The van der Waals surface area contributed by atoms with E-state index < -0.39 is 12.0 Å². The highest BCUT2D eigenvalue weighted by Crippen LogP contribution is 2.28. The average Bonchev–Trinajstić information content (AvgIpc) is 2.37. The fourth-order valence-corrected chi connectivity index (χ4v) is 3.24. The fraction of sp³-hybridized carbons (Fsp3) is 0.929. The molecule has 2 N–H and O–H groups in total. The van der Waals surface area contributed by atoms with E-state index >= 15 is 0 Å². The molecule has 19 heavy (non-hydrogen) atoms. The second kappa shape index (κ2) is 6.68. The van der Waals surface area contributed by atoms with Gasteiger partial charge in [0.05, 0.1) is 12.7 Å². The normalized spacial score (nSPS) is 30.1. The molecule has 3 atom stereocenters. The molecule has 0 radical (unpaired) electrons. The van der Waals surface area contributed by atoms with Crippen molar-refractivity contribution in [1.29, 1.82) is 0 Å². The number of carbonyl (C=O) groups is 1. The van der Waals surface area contributed by atoms with Gasteiger partial charge in [-0.3, -0.25) is 9.69 Å². The van der Waals surface area contributed by atoms with Crippen LogP contribution in [0.3, 0.4) is 0 Å². The van der Waals surface area contributed by atoms with Crippen LogP contribution in [0.1, 0.15) is 39.5 Å². The van der Waals surface area contributed by atoms with Crippen LogP contribution in [0.15, 0.2) is 0 Å². The van der Waals surface area contributed by atoms with Gasteiger partial charge in [0.1, 0.15) is 6.04 Å². The molecule has 0 spiro atoms. The summed E-state index contributed by atoms with van der Waals surface area (Å²) in [7, 11) is 0. The van der Waals surface area contributed by atoms with Crippen molar-refractivity contribution in [1.82, 2.24) is 10.2 Å². The Balaban J connectivity index is 1.96. The van der Waals surface area contributed by atoms with Crippen LogP contribution in [0.4, 0.5) is 0 Å². The van der Waals surface area contributed by atoms with Crippen LogP contribution in [0, 0.1) is 0 Å². The zero-order valence-electron chi connectivity index (χ0n) is 12.0. The summed E-state index contributed by atoms with van der Waals surface area (Å²) >= 11 is 0. The lowest BCUT2D eigenvalue weighted by molar-refractivity contribution is -0.142. The topological polar surface area (TPSA) is 61.8 Å². The van der Waals surface area contributed by atoms with Gasteiger partial charge < -0.3 is 15.2 Å². The van der Waals surface area contributed by atoms with Gasteiger partial charge in [-0.05, 0) is 12.8 Å². The maximum absolute atomic E-state index is 11.3. The lowest BCUT2D eigenvalue weighted by atomic mass is 9.90. The average molecular weight is 270 g/mol. The van der Waals surface area contributed by atoms with Crippen molar-refractivity contribution in [3.8, 4) is 0 Å². The number of hydrogen-bond donors (Lipinski definition) is 2. The van der Waals surface area contributed by atoms with Crippen LogP contribution in [0.5, 0.6) is 0 Å². The molecule has 2 fully saturated rings. The van der Waals surface area contributed by atoms with E-state index in [-0.39, 0.29) is 6.04 Å². The van der Waals surface area contributed by atoms with E-state index in [1.165, 1.54) is 12.8 Å². The molecule has 0 amide bonds. The third-order valence-electron chi connectivity index (χ3n) is 4.10. The quantitative estimate of drug-likeness (QED) is 0.783. The maximum Gasteiger partial charge on any atom is 0.322 e. The molecule has 110 valence electrons. The van der Waals surface area contributed by atoms with E-state index in [1.54, 1.807) is 0 Å². The van der Waals surface area contributed by atoms with Crippen molar-refractivity contribution in [2.45, 2.75) is 63.8 Å². The minimum Gasteiger partial charge on any atom is -0.480 e. The molecule has 1 saturated heterocycles. The number of nitrogens with zero attached hydrogens (tertiary/aromatic N) is 1. The van der Waals surface area contributed by atoms with E-state index in [4.69, 9.17) is 4.74 Å². The van der Waals surface area contributed by atoms with Gasteiger partial charge in [0.2, 0.25) is 0 Å². The van der Waals surface area contributed by atoms with E-state index in [1.807, 2.05) is 13.8 Å². The molecule has 5 nitrogen and oxygen atoms in total. The van der Waals surface area contributed by atoms with E-state index in [9.17, 15) is 9.90 Å². The molecule has 0 aromatic heterocycles. The molecular formula is C14H26N2O3. The van der Waals surface area contributed by atoms with E-state index in [0.29, 0.717) is 18.7 Å². The van der Waals surface area contributed by atoms with E-state index in [0.717, 1.165) is 26.0 Å². The number of carboxylic acid groups (broad SMARTS) is 1. The van der Waals surface area contributed by atoms with Crippen LogP contribution in [-0.4, -0.2) is 59.9 Å². The third-order valence-corrected chi connectivity index (χ3v) is 4.10. The second-order valence-electron chi connectivity index (χ2n) is 5.97. The van der Waals surface area contributed by atoms with Crippen LogP contribution in [-0.2, 0) is 9.53 Å². The molecule has 0 aromatic carbocycles. The smallest absolute Gasteiger partial charge is 0.322 e. The molecule has 2 rings (SSSR count). The number of nitrogens with one attached hydrogen (secondary N) is 1. The van der Waals surface area contributed by atoms with Crippen molar-refractivity contribution in [3.63, 3.8) is 0 Å². The Morgan fingerprint density at radius 1 is 1.42 bits per heavy atom. The first-order chi connectivity index (χ1) is 9.08. The first-order valence-corrected chi connectivity index (χ1v) is 7.42. The molecule has 1 heterocycles. The molecule has 1 aliphatic carbocycles. The van der Waals surface area contributed by atoms with Gasteiger partial charge in [0, 0.05) is 25.2 Å². The SMILES string of the molecule is CC(C)NC(CN1CCOC2CCCCC21)C(=O)O. The Labute approximate surface area is 115 Å². The molecular weight excluding hydrogens is 244 g/mol. The third kappa shape index (κ3) is 3.91. The number of carboxylic acids is 1. The maximum atomic E-state index is 11.3. The van der Waals surface area contributed by atoms with Gasteiger partial charge in [-0.25, -0.2) is 0 Å². The van der Waals surface area contributed by atoms with Gasteiger partial charge in [-0.15, -0.1) is 0 Å². The predicted octanol–water partition coefficient (Wildman–Crippen LogP) is 1.08. The summed E-state index contributed by atoms with van der Waals surface area (Å²) in [5.41, 5.74) is 0. The Morgan fingerprint density at radius 3 is 2.84 bits per heavy atom. The van der Waals surface area contributed by atoms with Crippen molar-refractivity contribution in [2.75, 3.05) is 19.7 Å². The van der Waals surface area contributed by atoms with Gasteiger partial charge in [-0.1, -0.05) is 26.7 Å². The van der Waals surface area contributed by atoms with Crippen LogP contribution in [0.25, 0.3) is 0 Å². The van der Waals surface area contributed by atoms with Gasteiger partial charge in [0.25, 0.3) is 0 Å². The highest BCUT2D eigenvalue weighted by molar-refractivity contribution is 5.73. The van der Waals surface area contributed by atoms with Crippen LogP contribution >= 0.6 is 0 Å². The largest absolute Gasteiger partial charge is 0.480 e. The number of aliphatic carboxylic acids is 1. The van der Waals surface area contributed by atoms with Gasteiger partial charge >= 0.3 is 5.97 Å². The Hall–Kier alpha value is -0.650. The van der Waals surface area contributed by atoms with Crippen molar-refractivity contribution >= 4 is 5.97 Å². The minimum absolute atomic E-state index is 0.185. The summed E-state index contributed by atoms with van der Waals surface area (Å²) in [5.74, 6) is -0.757. The molecule has 5 heteroatoms. The monoisotopic (exact) mass is 270 g/mol. The molecule has 0 aromatic rings. The zero-order valence-corrected chi connectivity index (χ0v) is 12.0. The number of hydrogen-bond acceptors (Lipinski definition) is 4. The second-order valence-corrected chi connectivity index (χ2v) is 5.97. The standard InChI is InChI=1S/C14H26N2O3/c1-10(2)15-11(14(17)18)9-16-7-8-19-13-6-4-3-5-12(13)16/h10-13,15H,3-9H2,1-2H3,(H,17,18). The molecule has 1 aliphatic heterocycles. The summed E-state index contributed by atoms with van der Waals surface area (Å²) in [6.45, 7) is 6.13. The van der Waals surface area contributed by atoms with Gasteiger partial charge in [-0.2, -0.15) is 0 Å². The summed E-state index contributed by atoms with van der Waals surface area (Å²) < 4.78 is 5.83. The van der Waals surface area contributed by atoms with Gasteiger partial charge in [0.15, 0.2) is 0 Å². The van der Waals surface area contributed by atoms with Crippen molar-refractivity contribution < 1.29 is 14.6 Å². The summed E-state index contributed by atoms with van der Waals surface area (Å²) in [6, 6.07) is 0.114. The molecule has 1 saturated carbocycles. The number of morpholine rings is 1. The molecule has 2 aliphatic rings. The minimum atomic E-state index is -0.757. The number of fused-ring (bicyclic) bond motifs is 1.